The van der Waals surface area contributed by atoms with Gasteiger partial charge in [0, 0.05) is 26.2 Å². The van der Waals surface area contributed by atoms with Crippen molar-refractivity contribution in [3.05, 3.63) is 35.9 Å². The van der Waals surface area contributed by atoms with Crippen molar-refractivity contribution in [1.82, 2.24) is 9.62 Å². The smallest absolute Gasteiger partial charge is 0.310 e. The number of piperazine rings is 1. The van der Waals surface area contributed by atoms with Gasteiger partial charge in [0.25, 0.3) is 0 Å². The van der Waals surface area contributed by atoms with E-state index >= 15 is 0 Å². The van der Waals surface area contributed by atoms with Gasteiger partial charge in [0.15, 0.2) is 0 Å². The Morgan fingerprint density at radius 2 is 1.91 bits per heavy atom. The fraction of sp³-hybridized carbons (Fsp3) is 0.533. The van der Waals surface area contributed by atoms with Crippen LogP contribution in [0.25, 0.3) is 0 Å². The highest BCUT2D eigenvalue weighted by Crippen LogP contribution is 2.16. The van der Waals surface area contributed by atoms with Crippen LogP contribution in [0.15, 0.2) is 30.3 Å². The number of ether oxygens (including phenoxy) is 1. The Kier molecular flexibility index (Phi) is 5.93. The lowest BCUT2D eigenvalue weighted by atomic mass is 10.0. The van der Waals surface area contributed by atoms with Crippen molar-refractivity contribution in [3.8, 4) is 0 Å². The van der Waals surface area contributed by atoms with Gasteiger partial charge < -0.3 is 10.1 Å². The van der Waals surface area contributed by atoms with Crippen LogP contribution in [-0.4, -0.2) is 57.7 Å². The van der Waals surface area contributed by atoms with Crippen LogP contribution in [0.1, 0.15) is 5.56 Å². The molecule has 1 atom stereocenters. The van der Waals surface area contributed by atoms with Crippen LogP contribution >= 0.6 is 0 Å². The van der Waals surface area contributed by atoms with E-state index in [0.29, 0.717) is 32.6 Å². The summed E-state index contributed by atoms with van der Waals surface area (Å²) in [5, 5.41) is 3.12. The highest BCUT2D eigenvalue weighted by atomic mass is 32.2. The van der Waals surface area contributed by atoms with Crippen LogP contribution in [0.3, 0.4) is 0 Å². The number of benzene rings is 1. The molecular weight excluding hydrogens is 304 g/mol. The number of hydrogen-bond acceptors (Lipinski definition) is 5. The summed E-state index contributed by atoms with van der Waals surface area (Å²) in [4.78, 5) is 12.0. The van der Waals surface area contributed by atoms with E-state index in [0.717, 1.165) is 5.56 Å². The van der Waals surface area contributed by atoms with Gasteiger partial charge in [0.2, 0.25) is 10.0 Å². The molecule has 22 heavy (non-hydrogen) atoms. The first kappa shape index (κ1) is 16.9. The predicted molar refractivity (Wildman–Crippen MR) is 83.9 cm³/mol. The minimum Gasteiger partial charge on any atom is -0.469 e. The predicted octanol–water partition coefficient (Wildman–Crippen LogP) is 0.253. The topological polar surface area (TPSA) is 75.7 Å². The van der Waals surface area contributed by atoms with Crippen molar-refractivity contribution in [1.29, 1.82) is 0 Å². The monoisotopic (exact) mass is 326 g/mol. The molecule has 1 aromatic carbocycles. The van der Waals surface area contributed by atoms with Crippen LogP contribution in [0.4, 0.5) is 0 Å². The lowest BCUT2D eigenvalue weighted by Crippen LogP contribution is -2.48. The molecule has 6 nitrogen and oxygen atoms in total. The van der Waals surface area contributed by atoms with E-state index in [4.69, 9.17) is 4.74 Å². The quantitative estimate of drug-likeness (QED) is 0.759. The maximum absolute atomic E-state index is 12.5. The molecule has 0 aliphatic carbocycles. The van der Waals surface area contributed by atoms with E-state index in [1.807, 2.05) is 30.3 Å². The number of carbonyl (C=O) groups excluding carboxylic acids is 1. The molecule has 1 fully saturated rings. The van der Waals surface area contributed by atoms with Gasteiger partial charge in [-0.05, 0) is 12.0 Å². The van der Waals surface area contributed by atoms with E-state index in [2.05, 4.69) is 5.32 Å². The number of esters is 1. The molecule has 0 spiro atoms. The Bertz CT molecular complexity index is 583. The number of methoxy groups -OCH3 is 1. The third kappa shape index (κ3) is 4.53. The molecular formula is C15H22N2O4S. The summed E-state index contributed by atoms with van der Waals surface area (Å²) in [7, 11) is -2.18. The van der Waals surface area contributed by atoms with Crippen molar-refractivity contribution in [2.45, 2.75) is 6.42 Å². The molecule has 1 aliphatic heterocycles. The summed E-state index contributed by atoms with van der Waals surface area (Å²) < 4.78 is 31.2. The molecule has 0 amide bonds. The Balaban J connectivity index is 2.10. The molecule has 122 valence electrons. The van der Waals surface area contributed by atoms with Crippen LogP contribution in [0.5, 0.6) is 0 Å². The van der Waals surface area contributed by atoms with Crippen LogP contribution in [-0.2, 0) is 26.0 Å². The van der Waals surface area contributed by atoms with E-state index < -0.39 is 21.9 Å². The largest absolute Gasteiger partial charge is 0.469 e. The molecule has 7 heteroatoms. The summed E-state index contributed by atoms with van der Waals surface area (Å²) in [6.07, 6.45) is 0.360. The molecule has 0 bridgehead atoms. The summed E-state index contributed by atoms with van der Waals surface area (Å²) in [6.45, 7) is 2.17. The molecule has 1 aromatic rings. The Hall–Kier alpha value is -1.44. The van der Waals surface area contributed by atoms with Gasteiger partial charge in [0.05, 0.1) is 18.8 Å². The van der Waals surface area contributed by atoms with Crippen molar-refractivity contribution in [3.63, 3.8) is 0 Å². The Labute approximate surface area is 131 Å². The van der Waals surface area contributed by atoms with Gasteiger partial charge in [-0.3, -0.25) is 4.79 Å². The van der Waals surface area contributed by atoms with Crippen LogP contribution in [0.2, 0.25) is 0 Å². The third-order valence-corrected chi connectivity index (χ3v) is 5.72. The summed E-state index contributed by atoms with van der Waals surface area (Å²) in [5.41, 5.74) is 0.924. The molecule has 1 heterocycles. The molecule has 0 aromatic heterocycles. The zero-order chi connectivity index (χ0) is 16.0. The maximum atomic E-state index is 12.5. The molecule has 0 radical (unpaired) electrons. The van der Waals surface area contributed by atoms with Gasteiger partial charge in [-0.1, -0.05) is 30.3 Å². The first-order valence-corrected chi connectivity index (χ1v) is 8.94. The first-order chi connectivity index (χ1) is 10.5. The van der Waals surface area contributed by atoms with Gasteiger partial charge in [0.1, 0.15) is 0 Å². The van der Waals surface area contributed by atoms with E-state index in [9.17, 15) is 13.2 Å². The van der Waals surface area contributed by atoms with E-state index in [1.165, 1.54) is 11.4 Å². The van der Waals surface area contributed by atoms with Gasteiger partial charge >= 0.3 is 5.97 Å². The molecule has 0 saturated carbocycles. The highest BCUT2D eigenvalue weighted by Gasteiger charge is 2.31. The van der Waals surface area contributed by atoms with Crippen molar-refractivity contribution < 1.29 is 17.9 Å². The van der Waals surface area contributed by atoms with Crippen molar-refractivity contribution in [2.24, 2.45) is 5.92 Å². The van der Waals surface area contributed by atoms with E-state index in [-0.39, 0.29) is 5.75 Å². The SMILES string of the molecule is COC(=O)C(Cc1ccccc1)CS(=O)(=O)N1CCNCC1. The zero-order valence-electron chi connectivity index (χ0n) is 12.7. The summed E-state index contributed by atoms with van der Waals surface area (Å²) >= 11 is 0. The summed E-state index contributed by atoms with van der Waals surface area (Å²) in [5.74, 6) is -1.39. The first-order valence-electron chi connectivity index (χ1n) is 7.33. The van der Waals surface area contributed by atoms with E-state index in [1.54, 1.807) is 0 Å². The third-order valence-electron chi connectivity index (χ3n) is 3.74. The van der Waals surface area contributed by atoms with Gasteiger partial charge in [-0.2, -0.15) is 4.31 Å². The lowest BCUT2D eigenvalue weighted by molar-refractivity contribution is -0.144. The number of hydrogen-bond donors (Lipinski definition) is 1. The fourth-order valence-corrected chi connectivity index (χ4v) is 4.27. The number of sulfonamides is 1. The normalized spacial score (nSPS) is 17.9. The minimum atomic E-state index is -3.47. The standard InChI is InChI=1S/C15H22N2O4S/c1-21-15(18)14(11-13-5-3-2-4-6-13)12-22(19,20)17-9-7-16-8-10-17/h2-6,14,16H,7-12H2,1H3. The Morgan fingerprint density at radius 3 is 2.50 bits per heavy atom. The molecule has 1 aliphatic rings. The van der Waals surface area contributed by atoms with Gasteiger partial charge in [-0.25, -0.2) is 8.42 Å². The second kappa shape index (κ2) is 7.71. The lowest BCUT2D eigenvalue weighted by Gasteiger charge is -2.28. The van der Waals surface area contributed by atoms with Crippen molar-refractivity contribution in [2.75, 3.05) is 39.0 Å². The maximum Gasteiger partial charge on any atom is 0.310 e. The van der Waals surface area contributed by atoms with Crippen molar-refractivity contribution >= 4 is 16.0 Å². The molecule has 2 rings (SSSR count). The van der Waals surface area contributed by atoms with Crippen LogP contribution in [0, 0.1) is 5.92 Å². The second-order valence-electron chi connectivity index (χ2n) is 5.34. The molecule has 1 saturated heterocycles. The van der Waals surface area contributed by atoms with Gasteiger partial charge in [-0.15, -0.1) is 0 Å². The number of carbonyl (C=O) groups is 1. The number of nitrogens with one attached hydrogen (secondary N) is 1. The minimum absolute atomic E-state index is 0.214. The fourth-order valence-electron chi connectivity index (χ4n) is 2.56. The molecule has 1 unspecified atom stereocenters. The average molecular weight is 326 g/mol. The highest BCUT2D eigenvalue weighted by molar-refractivity contribution is 7.89. The number of rotatable bonds is 6. The van der Waals surface area contributed by atoms with Crippen LogP contribution < -0.4 is 5.32 Å². The molecule has 1 N–H and O–H groups in total. The second-order valence-corrected chi connectivity index (χ2v) is 7.35. The zero-order valence-corrected chi connectivity index (χ0v) is 13.5. The Morgan fingerprint density at radius 1 is 1.27 bits per heavy atom. The number of nitrogens with zero attached hydrogens (tertiary/aromatic N) is 1. The summed E-state index contributed by atoms with van der Waals surface area (Å²) in [6, 6.07) is 9.39. The average Bonchev–Trinajstić information content (AvgIpc) is 2.55.